The molecule has 5 N–H and O–H groups in total. The fourth-order valence-electron chi connectivity index (χ4n) is 1.51. The Balaban J connectivity index is 2.91. The predicted octanol–water partition coefficient (Wildman–Crippen LogP) is -0.544. The van der Waals surface area contributed by atoms with Crippen LogP contribution in [0.1, 0.15) is 12.0 Å². The second-order valence-corrected chi connectivity index (χ2v) is 4.01. The average molecular weight is 250 g/mol. The van der Waals surface area contributed by atoms with Gasteiger partial charge < -0.3 is 16.6 Å². The van der Waals surface area contributed by atoms with Gasteiger partial charge in [0.05, 0.1) is 6.42 Å². The van der Waals surface area contributed by atoms with Gasteiger partial charge in [0.25, 0.3) is 0 Å². The Hall–Kier alpha value is -2.21. The Morgan fingerprint density at radius 2 is 1.72 bits per heavy atom. The molecule has 0 aliphatic rings. The van der Waals surface area contributed by atoms with Crippen LogP contribution < -0.4 is 11.5 Å². The van der Waals surface area contributed by atoms with Gasteiger partial charge in [0.15, 0.2) is 11.3 Å². The summed E-state index contributed by atoms with van der Waals surface area (Å²) in [7, 11) is 0. The smallest absolute Gasteiger partial charge is 0.332 e. The minimum Gasteiger partial charge on any atom is -0.480 e. The van der Waals surface area contributed by atoms with Crippen molar-refractivity contribution in [2.75, 3.05) is 0 Å². The van der Waals surface area contributed by atoms with E-state index in [0.717, 1.165) is 0 Å². The largest absolute Gasteiger partial charge is 0.480 e. The summed E-state index contributed by atoms with van der Waals surface area (Å²) in [4.78, 5) is 33.7. The lowest BCUT2D eigenvalue weighted by Gasteiger charge is -2.21. The predicted molar refractivity (Wildman–Crippen MR) is 63.5 cm³/mol. The Morgan fingerprint density at radius 3 is 2.17 bits per heavy atom. The Morgan fingerprint density at radius 1 is 1.17 bits per heavy atom. The molecule has 0 aliphatic carbocycles. The molecule has 1 aromatic rings. The van der Waals surface area contributed by atoms with Gasteiger partial charge in [-0.25, -0.2) is 4.79 Å². The van der Waals surface area contributed by atoms with Gasteiger partial charge in [-0.15, -0.1) is 0 Å². The SMILES string of the molecule is NC(=O)CC(N)(C(=O)O)C(=O)Cc1ccccc1. The van der Waals surface area contributed by atoms with Crippen molar-refractivity contribution in [3.8, 4) is 0 Å². The third kappa shape index (κ3) is 3.14. The number of primary amides is 1. The molecule has 1 amide bonds. The van der Waals surface area contributed by atoms with Crippen molar-refractivity contribution < 1.29 is 19.5 Å². The lowest BCUT2D eigenvalue weighted by Crippen LogP contribution is -2.57. The zero-order valence-electron chi connectivity index (χ0n) is 9.63. The number of carboxylic acids is 1. The number of rotatable bonds is 6. The van der Waals surface area contributed by atoms with Crippen LogP contribution in [0.15, 0.2) is 30.3 Å². The van der Waals surface area contributed by atoms with Crippen molar-refractivity contribution in [3.05, 3.63) is 35.9 Å². The molecule has 0 spiro atoms. The lowest BCUT2D eigenvalue weighted by molar-refractivity contribution is -0.150. The minimum absolute atomic E-state index is 0.156. The first-order valence-corrected chi connectivity index (χ1v) is 5.24. The highest BCUT2D eigenvalue weighted by atomic mass is 16.4. The van der Waals surface area contributed by atoms with Crippen molar-refractivity contribution in [2.24, 2.45) is 11.5 Å². The number of hydrogen-bond acceptors (Lipinski definition) is 4. The van der Waals surface area contributed by atoms with Gasteiger partial charge in [0.1, 0.15) is 0 Å². The molecule has 0 aromatic heterocycles. The molecule has 0 fully saturated rings. The number of hydrogen-bond donors (Lipinski definition) is 3. The maximum Gasteiger partial charge on any atom is 0.332 e. The molecule has 0 heterocycles. The van der Waals surface area contributed by atoms with Gasteiger partial charge in [-0.3, -0.25) is 9.59 Å². The summed E-state index contributed by atoms with van der Waals surface area (Å²) in [5, 5.41) is 8.98. The van der Waals surface area contributed by atoms with E-state index in [2.05, 4.69) is 0 Å². The molecule has 0 saturated heterocycles. The molecule has 18 heavy (non-hydrogen) atoms. The van der Waals surface area contributed by atoms with Crippen molar-refractivity contribution in [1.82, 2.24) is 0 Å². The van der Waals surface area contributed by atoms with Crippen LogP contribution in [0, 0.1) is 0 Å². The number of Topliss-reactive ketones (excluding diaryl/α,β-unsaturated/α-hetero) is 1. The average Bonchev–Trinajstić information content (AvgIpc) is 2.29. The van der Waals surface area contributed by atoms with E-state index in [-0.39, 0.29) is 6.42 Å². The second-order valence-electron chi connectivity index (χ2n) is 4.01. The molecule has 1 aromatic carbocycles. The summed E-state index contributed by atoms with van der Waals surface area (Å²) < 4.78 is 0. The molecule has 6 nitrogen and oxygen atoms in total. The van der Waals surface area contributed by atoms with Crippen LogP contribution in [0.25, 0.3) is 0 Å². The maximum atomic E-state index is 11.9. The monoisotopic (exact) mass is 250 g/mol. The van der Waals surface area contributed by atoms with Crippen LogP contribution in [0.3, 0.4) is 0 Å². The van der Waals surface area contributed by atoms with Crippen molar-refractivity contribution in [3.63, 3.8) is 0 Å². The first-order valence-electron chi connectivity index (χ1n) is 5.24. The van der Waals surface area contributed by atoms with Gasteiger partial charge in [-0.05, 0) is 5.56 Å². The molecule has 1 unspecified atom stereocenters. The summed E-state index contributed by atoms with van der Waals surface area (Å²) >= 11 is 0. The van der Waals surface area contributed by atoms with Crippen LogP contribution in [-0.4, -0.2) is 28.3 Å². The summed E-state index contributed by atoms with van der Waals surface area (Å²) in [6.45, 7) is 0. The van der Waals surface area contributed by atoms with Crippen molar-refractivity contribution in [2.45, 2.75) is 18.4 Å². The lowest BCUT2D eigenvalue weighted by atomic mass is 9.87. The van der Waals surface area contributed by atoms with Gasteiger partial charge >= 0.3 is 5.97 Å². The van der Waals surface area contributed by atoms with Crippen LogP contribution >= 0.6 is 0 Å². The summed E-state index contributed by atoms with van der Waals surface area (Å²) in [5.41, 5.74) is 8.76. The Kier molecular flexibility index (Phi) is 4.17. The van der Waals surface area contributed by atoms with E-state index in [1.165, 1.54) is 0 Å². The van der Waals surface area contributed by atoms with Crippen LogP contribution in [0.5, 0.6) is 0 Å². The van der Waals surface area contributed by atoms with Gasteiger partial charge in [-0.2, -0.15) is 0 Å². The minimum atomic E-state index is -2.26. The number of carbonyl (C=O) groups excluding carboxylic acids is 2. The highest BCUT2D eigenvalue weighted by Crippen LogP contribution is 2.13. The highest BCUT2D eigenvalue weighted by molar-refractivity contribution is 6.10. The summed E-state index contributed by atoms with van der Waals surface area (Å²) in [6, 6.07) is 8.55. The number of nitrogens with two attached hydrogens (primary N) is 2. The van der Waals surface area contributed by atoms with E-state index in [4.69, 9.17) is 16.6 Å². The van der Waals surface area contributed by atoms with E-state index in [9.17, 15) is 14.4 Å². The normalized spacial score (nSPS) is 13.6. The first kappa shape index (κ1) is 13.9. The Labute approximate surface area is 104 Å². The molecule has 6 heteroatoms. The van der Waals surface area contributed by atoms with Gasteiger partial charge in [0, 0.05) is 6.42 Å². The van der Waals surface area contributed by atoms with Gasteiger partial charge in [0.2, 0.25) is 5.91 Å². The van der Waals surface area contributed by atoms with E-state index >= 15 is 0 Å². The molecule has 1 rings (SSSR count). The van der Waals surface area contributed by atoms with Crippen molar-refractivity contribution in [1.29, 1.82) is 0 Å². The molecule has 0 radical (unpaired) electrons. The molecular formula is C12H14N2O4. The highest BCUT2D eigenvalue weighted by Gasteiger charge is 2.43. The summed E-state index contributed by atoms with van der Waals surface area (Å²) in [6.07, 6.45) is -0.870. The van der Waals surface area contributed by atoms with Crippen LogP contribution in [-0.2, 0) is 20.8 Å². The molecule has 1 atom stereocenters. The quantitative estimate of drug-likeness (QED) is 0.585. The third-order valence-corrected chi connectivity index (χ3v) is 2.54. The van der Waals surface area contributed by atoms with Crippen LogP contribution in [0.2, 0.25) is 0 Å². The second kappa shape index (κ2) is 5.42. The fourth-order valence-corrected chi connectivity index (χ4v) is 1.51. The zero-order chi connectivity index (χ0) is 13.8. The number of aliphatic carboxylic acids is 1. The number of benzene rings is 1. The molecule has 96 valence electrons. The molecule has 0 aliphatic heterocycles. The third-order valence-electron chi connectivity index (χ3n) is 2.54. The molecule has 0 bridgehead atoms. The standard InChI is InChI=1S/C12H14N2O4/c13-10(16)7-12(14,11(17)18)9(15)6-8-4-2-1-3-5-8/h1-5H,6-7,14H2,(H2,13,16)(H,17,18). The zero-order valence-corrected chi connectivity index (χ0v) is 9.63. The number of ketones is 1. The first-order chi connectivity index (χ1) is 8.36. The van der Waals surface area contributed by atoms with E-state index < -0.39 is 29.6 Å². The number of carbonyl (C=O) groups is 3. The topological polar surface area (TPSA) is 123 Å². The Bertz CT molecular complexity index is 472. The molecule has 0 saturated carbocycles. The van der Waals surface area contributed by atoms with E-state index in [1.807, 2.05) is 0 Å². The fraction of sp³-hybridized carbons (Fsp3) is 0.250. The van der Waals surface area contributed by atoms with E-state index in [1.54, 1.807) is 30.3 Å². The number of amides is 1. The van der Waals surface area contributed by atoms with Crippen molar-refractivity contribution >= 4 is 17.7 Å². The van der Waals surface area contributed by atoms with E-state index in [0.29, 0.717) is 5.56 Å². The molecular weight excluding hydrogens is 236 g/mol. The van der Waals surface area contributed by atoms with Crippen LogP contribution in [0.4, 0.5) is 0 Å². The summed E-state index contributed by atoms with van der Waals surface area (Å²) in [5.74, 6) is -3.23. The van der Waals surface area contributed by atoms with Gasteiger partial charge in [-0.1, -0.05) is 30.3 Å². The maximum absolute atomic E-state index is 11.9. The number of carboxylic acid groups (broad SMARTS) is 1.